The first-order valence-corrected chi connectivity index (χ1v) is 13.4. The number of aromatic nitrogens is 4. The molecule has 0 bridgehead atoms. The summed E-state index contributed by atoms with van der Waals surface area (Å²) >= 11 is 4.38. The number of carbonyl (C=O) groups excluding carboxylic acids is 1. The molecule has 0 fully saturated rings. The van der Waals surface area contributed by atoms with Gasteiger partial charge in [0.1, 0.15) is 21.5 Å². The van der Waals surface area contributed by atoms with Gasteiger partial charge in [0.2, 0.25) is 5.91 Å². The van der Waals surface area contributed by atoms with Gasteiger partial charge in [0.05, 0.1) is 33.7 Å². The van der Waals surface area contributed by atoms with Crippen LogP contribution >= 0.6 is 34.4 Å². The largest absolute Gasteiger partial charge is 0.497 e. The topological polar surface area (TPSA) is 89.9 Å². The van der Waals surface area contributed by atoms with Crippen molar-refractivity contribution in [1.29, 1.82) is 0 Å². The van der Waals surface area contributed by atoms with Crippen molar-refractivity contribution >= 4 is 55.7 Å². The number of hydrogen-bond acceptors (Lipinski definition) is 9. The minimum atomic E-state index is -0.127. The molecule has 5 aromatic rings. The number of benzene rings is 2. The number of thioether (sulfide) groups is 1. The van der Waals surface area contributed by atoms with E-state index in [0.717, 1.165) is 42.8 Å². The number of nitrogens with one attached hydrogen (secondary N) is 1. The summed E-state index contributed by atoms with van der Waals surface area (Å²) in [6, 6.07) is 17.7. The predicted octanol–water partition coefficient (Wildman–Crippen LogP) is 6.23. The Bertz CT molecular complexity index is 1510. The molecular weight excluding hydrogens is 499 g/mol. The number of nitrogens with zero attached hydrogens (tertiary/aromatic N) is 4. The molecule has 5 rings (SSSR count). The third-order valence-corrected chi connectivity index (χ3v) is 8.21. The number of carbonyl (C=O) groups is 1. The van der Waals surface area contributed by atoms with Crippen LogP contribution in [0, 0.1) is 13.8 Å². The second kappa shape index (κ2) is 10.1. The van der Waals surface area contributed by atoms with Crippen LogP contribution in [0.5, 0.6) is 5.75 Å². The molecule has 7 nitrogen and oxygen atoms in total. The van der Waals surface area contributed by atoms with Gasteiger partial charge in [-0.05, 0) is 55.8 Å². The molecule has 176 valence electrons. The van der Waals surface area contributed by atoms with Gasteiger partial charge < -0.3 is 10.1 Å². The maximum Gasteiger partial charge on any atom is 0.236 e. The average molecular weight is 520 g/mol. The Morgan fingerprint density at radius 1 is 1.03 bits per heavy atom. The predicted molar refractivity (Wildman–Crippen MR) is 144 cm³/mol. The van der Waals surface area contributed by atoms with Crippen LogP contribution in [-0.4, -0.2) is 38.9 Å². The molecule has 3 aromatic heterocycles. The summed E-state index contributed by atoms with van der Waals surface area (Å²) in [4.78, 5) is 22.6. The summed E-state index contributed by atoms with van der Waals surface area (Å²) in [6.45, 7) is 4.00. The second-order valence-electron chi connectivity index (χ2n) is 7.75. The van der Waals surface area contributed by atoms with E-state index in [1.807, 2.05) is 62.4 Å². The highest BCUT2D eigenvalue weighted by atomic mass is 32.2. The van der Waals surface area contributed by atoms with Crippen LogP contribution < -0.4 is 10.1 Å². The van der Waals surface area contributed by atoms with E-state index >= 15 is 0 Å². The number of thiazole rings is 2. The molecule has 35 heavy (non-hydrogen) atoms. The van der Waals surface area contributed by atoms with Crippen molar-refractivity contribution in [1.82, 2.24) is 20.2 Å². The molecule has 1 N–H and O–H groups in total. The molecule has 0 aliphatic carbocycles. The molecule has 2 aromatic carbocycles. The molecule has 0 aliphatic rings. The van der Waals surface area contributed by atoms with E-state index in [1.165, 1.54) is 28.7 Å². The monoisotopic (exact) mass is 519 g/mol. The molecular formula is C25H21N5O2S3. The summed E-state index contributed by atoms with van der Waals surface area (Å²) < 4.78 is 6.38. The van der Waals surface area contributed by atoms with Crippen molar-refractivity contribution < 1.29 is 9.53 Å². The van der Waals surface area contributed by atoms with E-state index in [2.05, 4.69) is 26.6 Å². The Hall–Kier alpha value is -3.34. The molecule has 0 spiro atoms. The van der Waals surface area contributed by atoms with Crippen LogP contribution in [-0.2, 0) is 4.79 Å². The molecule has 10 heteroatoms. The van der Waals surface area contributed by atoms with Crippen LogP contribution in [0.25, 0.3) is 31.4 Å². The molecule has 0 unspecified atom stereocenters. The lowest BCUT2D eigenvalue weighted by molar-refractivity contribution is -0.113. The standard InChI is InChI=1S/C25H21N5O2S3/c1-14-7-8-18-20(11-14)34-25(27-18)28-21(31)13-33-22-10-9-19(29-30-22)23-15(2)26-24(35-23)16-5-4-6-17(12-16)32-3/h4-12H,13H2,1-3H3,(H,27,28,31). The number of ether oxygens (including phenoxy) is 1. The Balaban J connectivity index is 1.22. The quantitative estimate of drug-likeness (QED) is 0.255. The molecule has 0 saturated carbocycles. The first kappa shape index (κ1) is 23.4. The highest BCUT2D eigenvalue weighted by Gasteiger charge is 2.14. The fourth-order valence-corrected chi connectivity index (χ4v) is 6.03. The number of methoxy groups -OCH3 is 1. The molecule has 1 amide bonds. The Morgan fingerprint density at radius 2 is 1.91 bits per heavy atom. The van der Waals surface area contributed by atoms with Crippen molar-refractivity contribution in [2.75, 3.05) is 18.2 Å². The van der Waals surface area contributed by atoms with Crippen LogP contribution in [0.15, 0.2) is 59.6 Å². The number of amides is 1. The van der Waals surface area contributed by atoms with Crippen molar-refractivity contribution in [3.05, 3.63) is 65.9 Å². The zero-order valence-electron chi connectivity index (χ0n) is 19.2. The third-order valence-electron chi connectivity index (χ3n) is 5.13. The molecule has 0 radical (unpaired) electrons. The fraction of sp³-hybridized carbons (Fsp3) is 0.160. The first-order chi connectivity index (χ1) is 17.0. The van der Waals surface area contributed by atoms with Gasteiger partial charge in [0.25, 0.3) is 0 Å². The lowest BCUT2D eigenvalue weighted by atomic mass is 10.2. The minimum absolute atomic E-state index is 0.127. The number of hydrogen-bond donors (Lipinski definition) is 1. The molecule has 0 atom stereocenters. The van der Waals surface area contributed by atoms with Gasteiger partial charge in [0.15, 0.2) is 5.13 Å². The van der Waals surface area contributed by atoms with Gasteiger partial charge in [-0.3, -0.25) is 4.79 Å². The maximum atomic E-state index is 12.4. The normalized spacial score (nSPS) is 11.1. The minimum Gasteiger partial charge on any atom is -0.497 e. The van der Waals surface area contributed by atoms with E-state index in [9.17, 15) is 4.79 Å². The van der Waals surface area contributed by atoms with Crippen LogP contribution in [0.2, 0.25) is 0 Å². The van der Waals surface area contributed by atoms with Gasteiger partial charge in [-0.25, -0.2) is 9.97 Å². The number of aryl methyl sites for hydroxylation is 2. The van der Waals surface area contributed by atoms with E-state index in [-0.39, 0.29) is 11.7 Å². The summed E-state index contributed by atoms with van der Waals surface area (Å²) in [5, 5.41) is 13.7. The highest BCUT2D eigenvalue weighted by molar-refractivity contribution is 7.99. The zero-order chi connectivity index (χ0) is 24.4. The van der Waals surface area contributed by atoms with E-state index in [0.29, 0.717) is 10.2 Å². The summed E-state index contributed by atoms with van der Waals surface area (Å²) in [7, 11) is 1.65. The average Bonchev–Trinajstić information content (AvgIpc) is 3.45. The Labute approximate surface area is 214 Å². The van der Waals surface area contributed by atoms with Crippen molar-refractivity contribution in [3.8, 4) is 26.9 Å². The van der Waals surface area contributed by atoms with Gasteiger partial charge >= 0.3 is 0 Å². The summed E-state index contributed by atoms with van der Waals surface area (Å²) in [5.41, 5.74) is 4.71. The summed E-state index contributed by atoms with van der Waals surface area (Å²) in [5.74, 6) is 0.890. The SMILES string of the molecule is COc1cccc(-c2nc(C)c(-c3ccc(SCC(=O)Nc4nc5ccc(C)cc5s4)nn3)s2)c1. The molecule has 0 aliphatic heterocycles. The van der Waals surface area contributed by atoms with Crippen molar-refractivity contribution in [3.63, 3.8) is 0 Å². The van der Waals surface area contributed by atoms with Crippen LogP contribution in [0.3, 0.4) is 0 Å². The summed E-state index contributed by atoms with van der Waals surface area (Å²) in [6.07, 6.45) is 0. The van der Waals surface area contributed by atoms with Gasteiger partial charge in [-0.2, -0.15) is 0 Å². The smallest absolute Gasteiger partial charge is 0.236 e. The van der Waals surface area contributed by atoms with Crippen molar-refractivity contribution in [2.45, 2.75) is 18.9 Å². The lowest BCUT2D eigenvalue weighted by Gasteiger charge is -2.02. The lowest BCUT2D eigenvalue weighted by Crippen LogP contribution is -2.13. The third kappa shape index (κ3) is 5.34. The Morgan fingerprint density at radius 3 is 2.71 bits per heavy atom. The van der Waals surface area contributed by atoms with E-state index < -0.39 is 0 Å². The molecule has 3 heterocycles. The maximum absolute atomic E-state index is 12.4. The van der Waals surface area contributed by atoms with Gasteiger partial charge in [-0.1, -0.05) is 41.3 Å². The van der Waals surface area contributed by atoms with Gasteiger partial charge in [0, 0.05) is 5.56 Å². The number of rotatable bonds is 7. The number of fused-ring (bicyclic) bond motifs is 1. The van der Waals surface area contributed by atoms with Crippen LogP contribution in [0.1, 0.15) is 11.3 Å². The Kier molecular flexibility index (Phi) is 6.76. The van der Waals surface area contributed by atoms with Crippen molar-refractivity contribution in [2.24, 2.45) is 0 Å². The number of anilines is 1. The second-order valence-corrected chi connectivity index (χ2v) is 10.8. The van der Waals surface area contributed by atoms with E-state index in [1.54, 1.807) is 18.4 Å². The fourth-order valence-electron chi connectivity index (χ4n) is 3.41. The van der Waals surface area contributed by atoms with Gasteiger partial charge in [-0.15, -0.1) is 21.5 Å². The zero-order valence-corrected chi connectivity index (χ0v) is 21.7. The van der Waals surface area contributed by atoms with Crippen LogP contribution in [0.4, 0.5) is 5.13 Å². The van der Waals surface area contributed by atoms with E-state index in [4.69, 9.17) is 9.72 Å². The highest BCUT2D eigenvalue weighted by Crippen LogP contribution is 2.35. The first-order valence-electron chi connectivity index (χ1n) is 10.7. The molecule has 0 saturated heterocycles.